The summed E-state index contributed by atoms with van der Waals surface area (Å²) in [7, 11) is 2.00. The molecule has 1 N–H and O–H groups in total. The molecule has 2 atom stereocenters. The zero-order chi connectivity index (χ0) is 13.2. The fourth-order valence-corrected chi connectivity index (χ4v) is 3.72. The van der Waals surface area contributed by atoms with Crippen molar-refractivity contribution in [3.05, 3.63) is 28.2 Å². The van der Waals surface area contributed by atoms with Crippen molar-refractivity contribution >= 4 is 21.6 Å². The van der Waals surface area contributed by atoms with Gasteiger partial charge in [0.05, 0.1) is 18.8 Å². The van der Waals surface area contributed by atoms with E-state index in [1.165, 1.54) is 30.5 Å². The van der Waals surface area contributed by atoms with Gasteiger partial charge in [-0.3, -0.25) is 0 Å². The average Bonchev–Trinajstić information content (AvgIpc) is 2.89. The second kappa shape index (κ2) is 5.81. The Morgan fingerprint density at radius 2 is 2.32 bits per heavy atom. The van der Waals surface area contributed by atoms with Gasteiger partial charge in [0, 0.05) is 23.2 Å². The van der Waals surface area contributed by atoms with Crippen molar-refractivity contribution < 1.29 is 4.74 Å². The van der Waals surface area contributed by atoms with Crippen LogP contribution in [0.1, 0.15) is 24.8 Å². The minimum absolute atomic E-state index is 0.440. The van der Waals surface area contributed by atoms with Crippen molar-refractivity contribution in [1.82, 2.24) is 5.32 Å². The molecule has 2 fully saturated rings. The molecule has 2 aliphatic rings. The van der Waals surface area contributed by atoms with E-state index in [1.54, 1.807) is 0 Å². The van der Waals surface area contributed by atoms with Crippen LogP contribution in [0.15, 0.2) is 22.7 Å². The fraction of sp³-hybridized carbons (Fsp3) is 0.600. The molecule has 1 aromatic rings. The van der Waals surface area contributed by atoms with Crippen molar-refractivity contribution in [2.24, 2.45) is 0 Å². The summed E-state index contributed by atoms with van der Waals surface area (Å²) < 4.78 is 7.07. The van der Waals surface area contributed by atoms with Gasteiger partial charge in [-0.05, 0) is 44.0 Å². The summed E-state index contributed by atoms with van der Waals surface area (Å²) >= 11 is 3.61. The maximum Gasteiger partial charge on any atom is 0.0779 e. The van der Waals surface area contributed by atoms with Crippen molar-refractivity contribution in [3.63, 3.8) is 0 Å². The number of rotatable bonds is 3. The molecule has 1 heterocycles. The molecule has 1 aromatic carbocycles. The summed E-state index contributed by atoms with van der Waals surface area (Å²) in [6, 6.07) is 7.17. The largest absolute Gasteiger partial charge is 0.374 e. The first kappa shape index (κ1) is 13.4. The molecule has 4 heteroatoms. The second-order valence-electron chi connectivity index (χ2n) is 5.40. The van der Waals surface area contributed by atoms with Gasteiger partial charge in [-0.2, -0.15) is 0 Å². The highest BCUT2D eigenvalue weighted by atomic mass is 79.9. The highest BCUT2D eigenvalue weighted by molar-refractivity contribution is 9.10. The summed E-state index contributed by atoms with van der Waals surface area (Å²) in [5, 5.41) is 3.27. The molecule has 0 amide bonds. The first-order valence-corrected chi connectivity index (χ1v) is 7.90. The first-order valence-electron chi connectivity index (χ1n) is 7.11. The Morgan fingerprint density at radius 1 is 1.42 bits per heavy atom. The third-order valence-electron chi connectivity index (χ3n) is 4.21. The number of nitrogens with zero attached hydrogens (tertiary/aromatic N) is 1. The van der Waals surface area contributed by atoms with E-state index in [2.05, 4.69) is 44.3 Å². The number of hydrogen-bond acceptors (Lipinski definition) is 3. The molecular formula is C15H21BrN2O. The molecule has 0 aromatic heterocycles. The number of ether oxygens (including phenoxy) is 1. The summed E-state index contributed by atoms with van der Waals surface area (Å²) in [6.45, 7) is 2.78. The van der Waals surface area contributed by atoms with E-state index < -0.39 is 0 Å². The van der Waals surface area contributed by atoms with Crippen LogP contribution >= 0.6 is 15.9 Å². The van der Waals surface area contributed by atoms with Crippen molar-refractivity contribution in [3.8, 4) is 0 Å². The van der Waals surface area contributed by atoms with E-state index in [4.69, 9.17) is 4.74 Å². The summed E-state index contributed by atoms with van der Waals surface area (Å²) in [6.07, 6.45) is 4.21. The Kier molecular flexibility index (Phi) is 4.10. The molecule has 1 aliphatic heterocycles. The molecule has 1 saturated carbocycles. The van der Waals surface area contributed by atoms with Crippen LogP contribution in [0.3, 0.4) is 0 Å². The van der Waals surface area contributed by atoms with Crippen LogP contribution in [0.4, 0.5) is 5.69 Å². The average molecular weight is 325 g/mol. The van der Waals surface area contributed by atoms with Gasteiger partial charge < -0.3 is 15.0 Å². The minimum Gasteiger partial charge on any atom is -0.374 e. The summed E-state index contributed by atoms with van der Waals surface area (Å²) in [5.41, 5.74) is 2.74. The number of nitrogens with one attached hydrogen (secondary N) is 1. The normalized spacial score (nSPS) is 26.5. The monoisotopic (exact) mass is 324 g/mol. The lowest BCUT2D eigenvalue weighted by Gasteiger charge is -2.40. The Morgan fingerprint density at radius 3 is 3.16 bits per heavy atom. The lowest BCUT2D eigenvalue weighted by atomic mass is 10.1. The van der Waals surface area contributed by atoms with E-state index in [1.807, 2.05) is 7.05 Å². The van der Waals surface area contributed by atoms with Crippen LogP contribution in [-0.4, -0.2) is 32.3 Å². The van der Waals surface area contributed by atoms with Crippen LogP contribution in [0.2, 0.25) is 0 Å². The number of benzene rings is 1. The Hall–Kier alpha value is -0.580. The molecule has 104 valence electrons. The second-order valence-corrected chi connectivity index (χ2v) is 6.32. The van der Waals surface area contributed by atoms with E-state index >= 15 is 0 Å². The van der Waals surface area contributed by atoms with E-state index in [9.17, 15) is 0 Å². The van der Waals surface area contributed by atoms with Crippen molar-refractivity contribution in [2.45, 2.75) is 38.0 Å². The van der Waals surface area contributed by atoms with E-state index in [0.29, 0.717) is 12.1 Å². The number of halogens is 1. The standard InChI is InChI=1S/C15H21BrN2O/c1-17-10-11-5-6-12(16)9-14(11)18-7-8-19-15-4-2-3-13(15)18/h5-6,9,13,15,17H,2-4,7-8,10H2,1H3. The van der Waals surface area contributed by atoms with Gasteiger partial charge in [-0.1, -0.05) is 22.0 Å². The highest BCUT2D eigenvalue weighted by Crippen LogP contribution is 2.35. The van der Waals surface area contributed by atoms with Crippen LogP contribution in [-0.2, 0) is 11.3 Å². The Balaban J connectivity index is 1.93. The van der Waals surface area contributed by atoms with Crippen molar-refractivity contribution in [1.29, 1.82) is 0 Å². The summed E-state index contributed by atoms with van der Waals surface area (Å²) in [5.74, 6) is 0. The molecule has 0 spiro atoms. The van der Waals surface area contributed by atoms with Gasteiger partial charge >= 0.3 is 0 Å². The minimum atomic E-state index is 0.440. The topological polar surface area (TPSA) is 24.5 Å². The van der Waals surface area contributed by atoms with Crippen LogP contribution in [0, 0.1) is 0 Å². The number of morpholine rings is 1. The SMILES string of the molecule is CNCc1ccc(Br)cc1N1CCOC2CCCC21. The molecule has 3 rings (SSSR count). The van der Waals surface area contributed by atoms with Crippen molar-refractivity contribution in [2.75, 3.05) is 25.1 Å². The molecule has 3 nitrogen and oxygen atoms in total. The number of anilines is 1. The zero-order valence-electron chi connectivity index (χ0n) is 11.4. The maximum absolute atomic E-state index is 5.91. The summed E-state index contributed by atoms with van der Waals surface area (Å²) in [4.78, 5) is 2.57. The van der Waals surface area contributed by atoms with Crippen LogP contribution < -0.4 is 10.2 Å². The zero-order valence-corrected chi connectivity index (χ0v) is 12.9. The fourth-order valence-electron chi connectivity index (χ4n) is 3.37. The van der Waals surface area contributed by atoms with Gasteiger partial charge in [0.15, 0.2) is 0 Å². The predicted molar refractivity (Wildman–Crippen MR) is 81.6 cm³/mol. The lowest BCUT2D eigenvalue weighted by molar-refractivity contribution is 0.0255. The molecule has 0 radical (unpaired) electrons. The molecule has 0 bridgehead atoms. The van der Waals surface area contributed by atoms with E-state index in [0.717, 1.165) is 24.2 Å². The third-order valence-corrected chi connectivity index (χ3v) is 4.70. The Bertz CT molecular complexity index is 452. The van der Waals surface area contributed by atoms with Crippen LogP contribution in [0.25, 0.3) is 0 Å². The molecule has 1 aliphatic carbocycles. The first-order chi connectivity index (χ1) is 9.29. The quantitative estimate of drug-likeness (QED) is 0.925. The van der Waals surface area contributed by atoms with Gasteiger partial charge in [-0.15, -0.1) is 0 Å². The molecule has 1 saturated heterocycles. The number of hydrogen-bond donors (Lipinski definition) is 1. The highest BCUT2D eigenvalue weighted by Gasteiger charge is 2.36. The third kappa shape index (κ3) is 2.67. The maximum atomic E-state index is 5.91. The lowest BCUT2D eigenvalue weighted by Crippen LogP contribution is -2.49. The van der Waals surface area contributed by atoms with Crippen LogP contribution in [0.5, 0.6) is 0 Å². The van der Waals surface area contributed by atoms with Gasteiger partial charge in [0.1, 0.15) is 0 Å². The molecule has 2 unspecified atom stereocenters. The Labute approximate surface area is 123 Å². The smallest absolute Gasteiger partial charge is 0.0779 e. The molecular weight excluding hydrogens is 304 g/mol. The predicted octanol–water partition coefficient (Wildman–Crippen LogP) is 2.93. The van der Waals surface area contributed by atoms with E-state index in [-0.39, 0.29) is 0 Å². The molecule has 19 heavy (non-hydrogen) atoms. The van der Waals surface area contributed by atoms with Gasteiger partial charge in [-0.25, -0.2) is 0 Å². The van der Waals surface area contributed by atoms with Gasteiger partial charge in [0.25, 0.3) is 0 Å². The number of fused-ring (bicyclic) bond motifs is 1. The van der Waals surface area contributed by atoms with Gasteiger partial charge in [0.2, 0.25) is 0 Å².